The molecule has 1 amide bonds. The zero-order valence-corrected chi connectivity index (χ0v) is 12.8. The van der Waals surface area contributed by atoms with Gasteiger partial charge in [0.05, 0.1) is 0 Å². The number of nitrogens with zero attached hydrogens (tertiary/aromatic N) is 3. The van der Waals surface area contributed by atoms with E-state index in [0.717, 1.165) is 25.9 Å². The average molecular weight is 276 g/mol. The van der Waals surface area contributed by atoms with E-state index in [1.54, 1.807) is 6.07 Å². The number of likely N-dealkylation sites (tertiary alicyclic amines) is 1. The van der Waals surface area contributed by atoms with Gasteiger partial charge in [0, 0.05) is 18.6 Å². The Bertz CT molecular complexity index is 456. The maximum absolute atomic E-state index is 12.3. The van der Waals surface area contributed by atoms with Crippen LogP contribution >= 0.6 is 0 Å². The lowest BCUT2D eigenvalue weighted by Crippen LogP contribution is -2.38. The summed E-state index contributed by atoms with van der Waals surface area (Å²) in [6.07, 6.45) is 2.14. The van der Waals surface area contributed by atoms with Gasteiger partial charge in [0.25, 0.3) is 5.91 Å². The molecule has 2 heterocycles. The number of hydrogen-bond acceptors (Lipinski definition) is 4. The van der Waals surface area contributed by atoms with Crippen LogP contribution in [0.3, 0.4) is 0 Å². The maximum atomic E-state index is 12.3. The number of anilines is 1. The summed E-state index contributed by atoms with van der Waals surface area (Å²) in [5, 5.41) is 11.4. The molecule has 0 unspecified atom stereocenters. The number of amides is 1. The van der Waals surface area contributed by atoms with Crippen molar-refractivity contribution in [3.8, 4) is 0 Å². The van der Waals surface area contributed by atoms with E-state index < -0.39 is 0 Å². The summed E-state index contributed by atoms with van der Waals surface area (Å²) in [5.74, 6) is 1.40. The lowest BCUT2D eigenvalue weighted by molar-refractivity contribution is 0.0690. The Morgan fingerprint density at radius 1 is 1.25 bits per heavy atom. The Kier molecular flexibility index (Phi) is 4.26. The predicted octanol–water partition coefficient (Wildman–Crippen LogP) is 2.56. The van der Waals surface area contributed by atoms with Crippen LogP contribution in [0.15, 0.2) is 12.1 Å². The number of hydrogen-bond donors (Lipinski definition) is 1. The molecule has 0 aromatic carbocycles. The molecule has 0 radical (unpaired) electrons. The highest BCUT2D eigenvalue weighted by molar-refractivity contribution is 5.92. The number of carbonyl (C=O) groups excluding carboxylic acids is 1. The van der Waals surface area contributed by atoms with E-state index in [-0.39, 0.29) is 11.4 Å². The number of aromatic nitrogens is 2. The number of piperidine rings is 1. The molecule has 0 aliphatic carbocycles. The van der Waals surface area contributed by atoms with Gasteiger partial charge in [-0.2, -0.15) is 0 Å². The summed E-state index contributed by atoms with van der Waals surface area (Å²) >= 11 is 0. The van der Waals surface area contributed by atoms with Crippen LogP contribution in [-0.4, -0.2) is 39.6 Å². The molecule has 0 atom stereocenters. The predicted molar refractivity (Wildman–Crippen MR) is 79.7 cm³/mol. The Hall–Kier alpha value is -1.65. The Labute approximate surface area is 120 Å². The van der Waals surface area contributed by atoms with E-state index in [1.807, 2.05) is 11.0 Å². The third-order valence-corrected chi connectivity index (χ3v) is 3.46. The molecule has 1 fully saturated rings. The first-order valence-electron chi connectivity index (χ1n) is 7.26. The van der Waals surface area contributed by atoms with Crippen molar-refractivity contribution >= 4 is 11.7 Å². The highest BCUT2D eigenvalue weighted by atomic mass is 16.2. The van der Waals surface area contributed by atoms with Gasteiger partial charge in [-0.3, -0.25) is 4.79 Å². The molecule has 110 valence electrons. The minimum absolute atomic E-state index is 0.00768. The molecule has 0 saturated carbocycles. The molecule has 1 N–H and O–H groups in total. The van der Waals surface area contributed by atoms with Crippen molar-refractivity contribution in [2.45, 2.75) is 46.1 Å². The van der Waals surface area contributed by atoms with Crippen molar-refractivity contribution in [1.82, 2.24) is 15.1 Å². The Morgan fingerprint density at radius 2 is 1.90 bits per heavy atom. The van der Waals surface area contributed by atoms with Crippen molar-refractivity contribution in [2.75, 3.05) is 18.4 Å². The summed E-state index contributed by atoms with van der Waals surface area (Å²) < 4.78 is 0. The number of rotatable bonds is 2. The highest BCUT2D eigenvalue weighted by Crippen LogP contribution is 2.18. The topological polar surface area (TPSA) is 58.1 Å². The molecule has 2 rings (SSSR count). The van der Waals surface area contributed by atoms with Crippen LogP contribution in [0.4, 0.5) is 5.82 Å². The quantitative estimate of drug-likeness (QED) is 0.902. The van der Waals surface area contributed by atoms with Crippen LogP contribution < -0.4 is 5.32 Å². The first kappa shape index (κ1) is 14.8. The van der Waals surface area contributed by atoms with Crippen LogP contribution in [0.1, 0.15) is 51.0 Å². The maximum Gasteiger partial charge on any atom is 0.274 e. The molecule has 1 aliphatic rings. The first-order valence-corrected chi connectivity index (χ1v) is 7.26. The van der Waals surface area contributed by atoms with Gasteiger partial charge in [0.2, 0.25) is 0 Å². The van der Waals surface area contributed by atoms with Gasteiger partial charge in [-0.25, -0.2) is 0 Å². The molecule has 0 spiro atoms. The van der Waals surface area contributed by atoms with Crippen LogP contribution in [0, 0.1) is 5.92 Å². The van der Waals surface area contributed by atoms with E-state index in [1.165, 1.54) is 0 Å². The Balaban J connectivity index is 2.00. The molecule has 1 aromatic rings. The number of nitrogens with one attached hydrogen (secondary N) is 1. The molecule has 1 aliphatic heterocycles. The van der Waals surface area contributed by atoms with Crippen molar-refractivity contribution in [3.63, 3.8) is 0 Å². The largest absolute Gasteiger partial charge is 0.364 e. The third-order valence-electron chi connectivity index (χ3n) is 3.46. The van der Waals surface area contributed by atoms with Gasteiger partial charge in [0.15, 0.2) is 5.69 Å². The minimum atomic E-state index is -0.0663. The van der Waals surface area contributed by atoms with E-state index in [9.17, 15) is 4.79 Å². The van der Waals surface area contributed by atoms with E-state index >= 15 is 0 Å². The van der Waals surface area contributed by atoms with Crippen LogP contribution in [0.5, 0.6) is 0 Å². The Morgan fingerprint density at radius 3 is 2.40 bits per heavy atom. The van der Waals surface area contributed by atoms with Gasteiger partial charge >= 0.3 is 0 Å². The van der Waals surface area contributed by atoms with Crippen molar-refractivity contribution in [2.24, 2.45) is 5.92 Å². The van der Waals surface area contributed by atoms with Crippen molar-refractivity contribution in [3.05, 3.63) is 17.8 Å². The van der Waals surface area contributed by atoms with Gasteiger partial charge < -0.3 is 10.2 Å². The van der Waals surface area contributed by atoms with Crippen molar-refractivity contribution in [1.29, 1.82) is 0 Å². The third kappa shape index (κ3) is 3.92. The fourth-order valence-electron chi connectivity index (χ4n) is 2.27. The van der Waals surface area contributed by atoms with Gasteiger partial charge in [0.1, 0.15) is 5.82 Å². The zero-order valence-electron chi connectivity index (χ0n) is 12.8. The second-order valence-corrected chi connectivity index (χ2v) is 6.65. The molecular formula is C15H24N4O. The molecular weight excluding hydrogens is 252 g/mol. The average Bonchev–Trinajstić information content (AvgIpc) is 2.38. The summed E-state index contributed by atoms with van der Waals surface area (Å²) in [6.45, 7) is 10.1. The standard InChI is InChI=1S/C15H24N4O/c1-11-7-9-19(10-8-11)14(20)12-5-6-13(18-17-12)16-15(2,3)4/h5-6,11H,7-10H2,1-4H3,(H,16,18). The molecule has 0 bridgehead atoms. The smallest absolute Gasteiger partial charge is 0.274 e. The van der Waals surface area contributed by atoms with Gasteiger partial charge in [-0.05, 0) is 51.7 Å². The summed E-state index contributed by atoms with van der Waals surface area (Å²) in [7, 11) is 0. The SMILES string of the molecule is CC1CCN(C(=O)c2ccc(NC(C)(C)C)nn2)CC1. The number of carbonyl (C=O) groups is 1. The zero-order chi connectivity index (χ0) is 14.8. The monoisotopic (exact) mass is 276 g/mol. The second-order valence-electron chi connectivity index (χ2n) is 6.65. The summed E-state index contributed by atoms with van der Waals surface area (Å²) in [6, 6.07) is 3.57. The van der Waals surface area contributed by atoms with Gasteiger partial charge in [-0.15, -0.1) is 10.2 Å². The van der Waals surface area contributed by atoms with Crippen LogP contribution in [0.25, 0.3) is 0 Å². The van der Waals surface area contributed by atoms with Gasteiger partial charge in [-0.1, -0.05) is 6.92 Å². The first-order chi connectivity index (χ1) is 9.35. The molecule has 1 saturated heterocycles. The fourth-order valence-corrected chi connectivity index (χ4v) is 2.27. The van der Waals surface area contributed by atoms with E-state index in [2.05, 4.69) is 43.2 Å². The lowest BCUT2D eigenvalue weighted by Gasteiger charge is -2.29. The van der Waals surface area contributed by atoms with Crippen molar-refractivity contribution < 1.29 is 4.79 Å². The fraction of sp³-hybridized carbons (Fsp3) is 0.667. The van der Waals surface area contributed by atoms with E-state index in [4.69, 9.17) is 0 Å². The summed E-state index contributed by atoms with van der Waals surface area (Å²) in [5.41, 5.74) is 0.363. The highest BCUT2D eigenvalue weighted by Gasteiger charge is 2.22. The van der Waals surface area contributed by atoms with Crippen LogP contribution in [-0.2, 0) is 0 Å². The molecule has 5 heteroatoms. The van der Waals surface area contributed by atoms with E-state index in [0.29, 0.717) is 17.4 Å². The minimum Gasteiger partial charge on any atom is -0.364 e. The molecule has 20 heavy (non-hydrogen) atoms. The molecule has 5 nitrogen and oxygen atoms in total. The second kappa shape index (κ2) is 5.77. The molecule has 1 aromatic heterocycles. The van der Waals surface area contributed by atoms with Crippen LogP contribution in [0.2, 0.25) is 0 Å². The lowest BCUT2D eigenvalue weighted by atomic mass is 9.99. The normalized spacial score (nSPS) is 17.1. The summed E-state index contributed by atoms with van der Waals surface area (Å²) in [4.78, 5) is 14.2.